The fraction of sp³-hybridized carbons (Fsp3) is 0.500. The van der Waals surface area contributed by atoms with Gasteiger partial charge in [0.05, 0.1) is 18.1 Å². The molecule has 18 heavy (non-hydrogen) atoms. The quantitative estimate of drug-likeness (QED) is 0.656. The van der Waals surface area contributed by atoms with Gasteiger partial charge in [-0.2, -0.15) is 0 Å². The third kappa shape index (κ3) is 2.76. The first-order chi connectivity index (χ1) is 8.59. The molecule has 0 aromatic carbocycles. The fourth-order valence-electron chi connectivity index (χ4n) is 2.03. The Morgan fingerprint density at radius 3 is 2.89 bits per heavy atom. The maximum Gasteiger partial charge on any atom is 0.151 e. The number of aromatic nitrogens is 3. The lowest BCUT2D eigenvalue weighted by Crippen LogP contribution is -2.05. The van der Waals surface area contributed by atoms with E-state index in [-0.39, 0.29) is 0 Å². The SMILES string of the molecule is Cc1cnc(N)c2ncn(CCCC[S+](C)[O-])c12. The monoisotopic (exact) mass is 266 g/mol. The summed E-state index contributed by atoms with van der Waals surface area (Å²) in [5.74, 6) is 1.24. The summed E-state index contributed by atoms with van der Waals surface area (Å²) >= 11 is -0.704. The summed E-state index contributed by atoms with van der Waals surface area (Å²) in [5, 5.41) is 0. The standard InChI is InChI=1S/C12H18N4OS/c1-9-7-14-12(13)10-11(9)16(8-15-10)5-3-4-6-18(2)17/h7-8H,3-6H2,1-2H3,(H2,13,14). The Labute approximate surface area is 110 Å². The van der Waals surface area contributed by atoms with Gasteiger partial charge in [0.1, 0.15) is 11.3 Å². The molecule has 0 saturated heterocycles. The molecule has 2 heterocycles. The molecule has 0 spiro atoms. The minimum Gasteiger partial charge on any atom is -0.617 e. The molecule has 5 nitrogen and oxygen atoms in total. The van der Waals surface area contributed by atoms with Gasteiger partial charge in [0.2, 0.25) is 0 Å². The maximum atomic E-state index is 11.0. The van der Waals surface area contributed by atoms with Crippen LogP contribution < -0.4 is 5.73 Å². The molecule has 1 atom stereocenters. The van der Waals surface area contributed by atoms with Crippen LogP contribution in [-0.2, 0) is 17.7 Å². The third-order valence-corrected chi connectivity index (χ3v) is 3.80. The van der Waals surface area contributed by atoms with Gasteiger partial charge in [0, 0.05) is 12.7 Å². The van der Waals surface area contributed by atoms with E-state index >= 15 is 0 Å². The van der Waals surface area contributed by atoms with Crippen molar-refractivity contribution in [3.63, 3.8) is 0 Å². The molecular formula is C12H18N4OS. The number of nitrogens with zero attached hydrogens (tertiary/aromatic N) is 3. The largest absolute Gasteiger partial charge is 0.617 e. The number of imidazole rings is 1. The first kappa shape index (κ1) is 13.2. The van der Waals surface area contributed by atoms with E-state index in [1.165, 1.54) is 0 Å². The van der Waals surface area contributed by atoms with Crippen molar-refractivity contribution in [2.75, 3.05) is 17.7 Å². The van der Waals surface area contributed by atoms with Crippen LogP contribution in [0.3, 0.4) is 0 Å². The van der Waals surface area contributed by atoms with E-state index in [0.29, 0.717) is 5.82 Å². The zero-order chi connectivity index (χ0) is 13.1. The zero-order valence-corrected chi connectivity index (χ0v) is 11.5. The Bertz CT molecular complexity index is 538. The molecule has 0 aliphatic carbocycles. The number of hydrogen-bond donors (Lipinski definition) is 1. The molecule has 0 saturated carbocycles. The molecule has 2 aromatic heterocycles. The van der Waals surface area contributed by atoms with Crippen molar-refractivity contribution < 1.29 is 4.55 Å². The number of rotatable bonds is 5. The van der Waals surface area contributed by atoms with Crippen molar-refractivity contribution >= 4 is 28.0 Å². The van der Waals surface area contributed by atoms with Crippen LogP contribution in [0.25, 0.3) is 11.0 Å². The fourth-order valence-corrected chi connectivity index (χ4v) is 2.64. The van der Waals surface area contributed by atoms with Gasteiger partial charge < -0.3 is 14.9 Å². The number of nitrogen functional groups attached to an aromatic ring is 1. The highest BCUT2D eigenvalue weighted by Gasteiger charge is 2.09. The summed E-state index contributed by atoms with van der Waals surface area (Å²) in [6.07, 6.45) is 7.27. The van der Waals surface area contributed by atoms with Gasteiger partial charge in [-0.1, -0.05) is 11.2 Å². The predicted octanol–water partition coefficient (Wildman–Crippen LogP) is 1.48. The number of fused-ring (bicyclic) bond motifs is 1. The first-order valence-electron chi connectivity index (χ1n) is 5.95. The molecule has 0 amide bonds. The molecule has 0 aliphatic heterocycles. The third-order valence-electron chi connectivity index (χ3n) is 2.93. The molecule has 0 radical (unpaired) electrons. The average Bonchev–Trinajstić information content (AvgIpc) is 2.74. The summed E-state index contributed by atoms with van der Waals surface area (Å²) in [6.45, 7) is 2.88. The highest BCUT2D eigenvalue weighted by molar-refractivity contribution is 7.90. The Morgan fingerprint density at radius 2 is 2.17 bits per heavy atom. The van der Waals surface area contributed by atoms with Crippen molar-refractivity contribution in [3.8, 4) is 0 Å². The van der Waals surface area contributed by atoms with Crippen molar-refractivity contribution in [1.82, 2.24) is 14.5 Å². The van der Waals surface area contributed by atoms with Gasteiger partial charge >= 0.3 is 0 Å². The van der Waals surface area contributed by atoms with E-state index in [1.807, 2.05) is 6.92 Å². The number of unbranched alkanes of at least 4 members (excludes halogenated alkanes) is 1. The van der Waals surface area contributed by atoms with Crippen molar-refractivity contribution in [1.29, 1.82) is 0 Å². The highest BCUT2D eigenvalue weighted by atomic mass is 32.2. The second kappa shape index (κ2) is 5.58. The summed E-state index contributed by atoms with van der Waals surface area (Å²) in [7, 11) is 0. The molecule has 98 valence electrons. The molecule has 2 N–H and O–H groups in total. The van der Waals surface area contributed by atoms with Crippen LogP contribution in [0.1, 0.15) is 18.4 Å². The van der Waals surface area contributed by atoms with Gasteiger partial charge in [0.25, 0.3) is 0 Å². The van der Waals surface area contributed by atoms with Crippen molar-refractivity contribution in [2.24, 2.45) is 0 Å². The summed E-state index contributed by atoms with van der Waals surface area (Å²) in [6, 6.07) is 0. The highest BCUT2D eigenvalue weighted by Crippen LogP contribution is 2.21. The predicted molar refractivity (Wildman–Crippen MR) is 74.8 cm³/mol. The minimum absolute atomic E-state index is 0.476. The molecule has 2 aromatic rings. The Hall–Kier alpha value is -1.27. The van der Waals surface area contributed by atoms with Crippen LogP contribution in [0, 0.1) is 6.92 Å². The van der Waals surface area contributed by atoms with Crippen molar-refractivity contribution in [3.05, 3.63) is 18.1 Å². The Kier molecular flexibility index (Phi) is 4.08. The van der Waals surface area contributed by atoms with E-state index in [2.05, 4.69) is 14.5 Å². The second-order valence-corrected chi connectivity index (χ2v) is 6.00. The average molecular weight is 266 g/mol. The second-order valence-electron chi connectivity index (χ2n) is 4.45. The summed E-state index contributed by atoms with van der Waals surface area (Å²) in [4.78, 5) is 8.41. The maximum absolute atomic E-state index is 11.0. The number of aryl methyl sites for hydroxylation is 2. The lowest BCUT2D eigenvalue weighted by molar-refractivity contribution is 0.589. The van der Waals surface area contributed by atoms with Crippen LogP contribution in [0.15, 0.2) is 12.5 Å². The van der Waals surface area contributed by atoms with E-state index in [1.54, 1.807) is 18.8 Å². The van der Waals surface area contributed by atoms with Gasteiger partial charge in [-0.3, -0.25) is 0 Å². The van der Waals surface area contributed by atoms with E-state index < -0.39 is 11.2 Å². The molecule has 0 fully saturated rings. The van der Waals surface area contributed by atoms with Gasteiger partial charge in [-0.25, -0.2) is 9.97 Å². The van der Waals surface area contributed by atoms with Gasteiger partial charge in [0.15, 0.2) is 5.82 Å². The van der Waals surface area contributed by atoms with E-state index in [0.717, 1.165) is 41.7 Å². The van der Waals surface area contributed by atoms with Gasteiger partial charge in [-0.15, -0.1) is 0 Å². The zero-order valence-electron chi connectivity index (χ0n) is 10.7. The lowest BCUT2D eigenvalue weighted by Gasteiger charge is -2.07. The number of hydrogen-bond acceptors (Lipinski definition) is 4. The molecule has 2 rings (SSSR count). The summed E-state index contributed by atoms with van der Waals surface area (Å²) < 4.78 is 13.1. The van der Waals surface area contributed by atoms with Crippen molar-refractivity contribution in [2.45, 2.75) is 26.3 Å². The van der Waals surface area contributed by atoms with Crippen LogP contribution in [0.2, 0.25) is 0 Å². The summed E-state index contributed by atoms with van der Waals surface area (Å²) in [5.41, 5.74) is 8.71. The number of anilines is 1. The van der Waals surface area contributed by atoms with Crippen LogP contribution >= 0.6 is 0 Å². The topological polar surface area (TPSA) is 79.8 Å². The number of nitrogens with two attached hydrogens (primary N) is 1. The molecule has 6 heteroatoms. The molecule has 0 bridgehead atoms. The molecule has 0 aliphatic rings. The van der Waals surface area contributed by atoms with Crippen LogP contribution in [0.5, 0.6) is 0 Å². The minimum atomic E-state index is -0.704. The smallest absolute Gasteiger partial charge is 0.151 e. The molecule has 1 unspecified atom stereocenters. The van der Waals surface area contributed by atoms with Crippen LogP contribution in [-0.4, -0.2) is 31.1 Å². The normalized spacial score (nSPS) is 13.1. The lowest BCUT2D eigenvalue weighted by atomic mass is 10.2. The molecular weight excluding hydrogens is 248 g/mol. The van der Waals surface area contributed by atoms with Gasteiger partial charge in [-0.05, 0) is 25.3 Å². The van der Waals surface area contributed by atoms with Crippen LogP contribution in [0.4, 0.5) is 5.82 Å². The number of pyridine rings is 1. The Morgan fingerprint density at radius 1 is 1.39 bits per heavy atom. The Balaban J connectivity index is 2.12. The van der Waals surface area contributed by atoms with E-state index in [4.69, 9.17) is 5.73 Å². The first-order valence-corrected chi connectivity index (χ1v) is 7.68. The van der Waals surface area contributed by atoms with E-state index in [9.17, 15) is 4.55 Å².